The molecule has 0 rings (SSSR count). The molecule has 0 aromatic rings. The molecule has 88 valence electrons. The third-order valence-electron chi connectivity index (χ3n) is 1.80. The monoisotopic (exact) mass is 219 g/mol. The predicted octanol–water partition coefficient (Wildman–Crippen LogP) is 4.03. The van der Waals surface area contributed by atoms with E-state index in [0.717, 1.165) is 17.9 Å². The lowest BCUT2D eigenvalue weighted by Gasteiger charge is -2.05. The highest BCUT2D eigenvalue weighted by molar-refractivity contribution is 5.58. The van der Waals surface area contributed by atoms with Crippen molar-refractivity contribution in [2.45, 2.75) is 27.2 Å². The Bertz CT molecular complexity index is 309. The summed E-state index contributed by atoms with van der Waals surface area (Å²) in [5.74, 6) is 0.865. The van der Waals surface area contributed by atoms with Gasteiger partial charge in [0, 0.05) is 6.21 Å². The second-order valence-electron chi connectivity index (χ2n) is 3.19. The second-order valence-corrected chi connectivity index (χ2v) is 3.19. The molecule has 16 heavy (non-hydrogen) atoms. The number of ether oxygens (including phenoxy) is 1. The summed E-state index contributed by atoms with van der Waals surface area (Å²) in [5, 5.41) is 0. The van der Waals surface area contributed by atoms with Gasteiger partial charge in [-0.05, 0) is 26.3 Å². The van der Waals surface area contributed by atoms with E-state index in [-0.39, 0.29) is 0 Å². The fraction of sp³-hybridized carbons (Fsp3) is 0.357. The Morgan fingerprint density at radius 3 is 2.69 bits per heavy atom. The molecule has 0 aliphatic rings. The van der Waals surface area contributed by atoms with Crippen LogP contribution in [0, 0.1) is 0 Å². The highest BCUT2D eigenvalue weighted by Crippen LogP contribution is 2.03. The molecule has 2 nitrogen and oxygen atoms in total. The molecular formula is C14H21NO. The number of aliphatic imine (C=N–C) groups is 1. The Morgan fingerprint density at radius 2 is 2.12 bits per heavy atom. The van der Waals surface area contributed by atoms with Crippen LogP contribution in [0.15, 0.2) is 53.4 Å². The van der Waals surface area contributed by atoms with Crippen LogP contribution < -0.4 is 0 Å². The summed E-state index contributed by atoms with van der Waals surface area (Å²) in [6.07, 6.45) is 12.2. The standard InChI is InChI=1S/C14H21NO/c1-5-8-9-10-13(4)16-12-14(7-3)15-11-6-2/h5,7-11H,1,6,12H2,2-4H3/b9-8-,13-10+,14-7-,15-11?. The predicted molar refractivity (Wildman–Crippen MR) is 71.6 cm³/mol. The lowest BCUT2D eigenvalue weighted by atomic mass is 10.4. The fourth-order valence-electron chi connectivity index (χ4n) is 0.909. The van der Waals surface area contributed by atoms with E-state index in [0.29, 0.717) is 6.61 Å². The minimum Gasteiger partial charge on any atom is -0.492 e. The molecule has 0 aliphatic carbocycles. The molecule has 0 aliphatic heterocycles. The van der Waals surface area contributed by atoms with E-state index in [9.17, 15) is 0 Å². The fourth-order valence-corrected chi connectivity index (χ4v) is 0.909. The van der Waals surface area contributed by atoms with Crippen LogP contribution in [-0.2, 0) is 4.74 Å². The molecule has 0 unspecified atom stereocenters. The molecule has 0 atom stereocenters. The zero-order valence-corrected chi connectivity index (χ0v) is 10.4. The molecular weight excluding hydrogens is 198 g/mol. The molecule has 0 amide bonds. The van der Waals surface area contributed by atoms with Crippen molar-refractivity contribution in [3.8, 4) is 0 Å². The Labute approximate surface area is 98.7 Å². The van der Waals surface area contributed by atoms with Gasteiger partial charge < -0.3 is 4.74 Å². The maximum atomic E-state index is 5.53. The van der Waals surface area contributed by atoms with Gasteiger partial charge in [0.1, 0.15) is 6.61 Å². The number of hydrogen-bond donors (Lipinski definition) is 0. The molecule has 0 heterocycles. The molecule has 0 saturated carbocycles. The van der Waals surface area contributed by atoms with Crippen molar-refractivity contribution in [2.75, 3.05) is 6.61 Å². The molecule has 0 aromatic heterocycles. The van der Waals surface area contributed by atoms with Gasteiger partial charge in [0.15, 0.2) is 0 Å². The highest BCUT2D eigenvalue weighted by atomic mass is 16.5. The van der Waals surface area contributed by atoms with E-state index in [1.165, 1.54) is 0 Å². The first kappa shape index (κ1) is 14.4. The van der Waals surface area contributed by atoms with E-state index in [1.807, 2.05) is 44.4 Å². The average molecular weight is 219 g/mol. The summed E-state index contributed by atoms with van der Waals surface area (Å²) in [6, 6.07) is 0. The third kappa shape index (κ3) is 7.80. The molecule has 0 saturated heterocycles. The maximum absolute atomic E-state index is 5.53. The van der Waals surface area contributed by atoms with Crippen LogP contribution in [-0.4, -0.2) is 12.8 Å². The molecule has 0 N–H and O–H groups in total. The van der Waals surface area contributed by atoms with Gasteiger partial charge in [-0.2, -0.15) is 0 Å². The topological polar surface area (TPSA) is 21.6 Å². The van der Waals surface area contributed by atoms with Crippen molar-refractivity contribution < 1.29 is 4.74 Å². The first-order chi connectivity index (χ1) is 7.74. The lowest BCUT2D eigenvalue weighted by molar-refractivity contribution is 0.241. The van der Waals surface area contributed by atoms with Crippen molar-refractivity contribution in [3.63, 3.8) is 0 Å². The van der Waals surface area contributed by atoms with Crippen LogP contribution >= 0.6 is 0 Å². The summed E-state index contributed by atoms with van der Waals surface area (Å²) in [4.78, 5) is 4.28. The van der Waals surface area contributed by atoms with Crippen molar-refractivity contribution in [2.24, 2.45) is 4.99 Å². The number of nitrogens with zero attached hydrogens (tertiary/aromatic N) is 1. The van der Waals surface area contributed by atoms with Gasteiger partial charge in [0.2, 0.25) is 0 Å². The molecule has 0 bridgehead atoms. The highest BCUT2D eigenvalue weighted by Gasteiger charge is 1.93. The van der Waals surface area contributed by atoms with E-state index < -0.39 is 0 Å². The first-order valence-corrected chi connectivity index (χ1v) is 5.51. The largest absolute Gasteiger partial charge is 0.492 e. The van der Waals surface area contributed by atoms with E-state index in [2.05, 4.69) is 18.5 Å². The maximum Gasteiger partial charge on any atom is 0.129 e. The van der Waals surface area contributed by atoms with E-state index in [1.54, 1.807) is 6.08 Å². The summed E-state index contributed by atoms with van der Waals surface area (Å²) in [6.45, 7) is 10.0. The summed E-state index contributed by atoms with van der Waals surface area (Å²) >= 11 is 0. The van der Waals surface area contributed by atoms with Crippen LogP contribution in [0.4, 0.5) is 0 Å². The van der Waals surface area contributed by atoms with Gasteiger partial charge in [-0.1, -0.05) is 37.8 Å². The van der Waals surface area contributed by atoms with Crippen LogP contribution in [0.3, 0.4) is 0 Å². The molecule has 0 spiro atoms. The first-order valence-electron chi connectivity index (χ1n) is 5.51. The third-order valence-corrected chi connectivity index (χ3v) is 1.80. The normalized spacial score (nSPS) is 13.7. The van der Waals surface area contributed by atoms with Gasteiger partial charge in [0.25, 0.3) is 0 Å². The zero-order valence-electron chi connectivity index (χ0n) is 10.4. The van der Waals surface area contributed by atoms with Crippen LogP contribution in [0.2, 0.25) is 0 Å². The van der Waals surface area contributed by atoms with Crippen molar-refractivity contribution >= 4 is 6.21 Å². The summed E-state index contributed by atoms with van der Waals surface area (Å²) in [5.41, 5.74) is 0.947. The molecule has 0 aromatic carbocycles. The Balaban J connectivity index is 4.11. The molecule has 0 radical (unpaired) electrons. The van der Waals surface area contributed by atoms with Crippen LogP contribution in [0.5, 0.6) is 0 Å². The Kier molecular flexibility index (Phi) is 8.99. The van der Waals surface area contributed by atoms with Crippen molar-refractivity contribution in [1.82, 2.24) is 0 Å². The zero-order chi connectivity index (χ0) is 12.2. The van der Waals surface area contributed by atoms with Crippen molar-refractivity contribution in [3.05, 3.63) is 48.4 Å². The quantitative estimate of drug-likeness (QED) is 0.360. The molecule has 2 heteroatoms. The van der Waals surface area contributed by atoms with Gasteiger partial charge in [-0.15, -0.1) is 0 Å². The van der Waals surface area contributed by atoms with E-state index >= 15 is 0 Å². The summed E-state index contributed by atoms with van der Waals surface area (Å²) < 4.78 is 5.53. The Hall–Kier alpha value is -1.57. The van der Waals surface area contributed by atoms with Gasteiger partial charge in [-0.3, -0.25) is 4.99 Å². The van der Waals surface area contributed by atoms with Gasteiger partial charge in [0.05, 0.1) is 11.5 Å². The minimum atomic E-state index is 0.511. The number of allylic oxidation sites excluding steroid dienone is 6. The number of hydrogen-bond acceptors (Lipinski definition) is 2. The van der Waals surface area contributed by atoms with Crippen LogP contribution in [0.1, 0.15) is 27.2 Å². The van der Waals surface area contributed by atoms with Crippen LogP contribution in [0.25, 0.3) is 0 Å². The average Bonchev–Trinajstić information content (AvgIpc) is 2.30. The van der Waals surface area contributed by atoms with Gasteiger partial charge >= 0.3 is 0 Å². The molecule has 0 fully saturated rings. The van der Waals surface area contributed by atoms with Gasteiger partial charge in [-0.25, -0.2) is 0 Å². The lowest BCUT2D eigenvalue weighted by Crippen LogP contribution is -1.95. The minimum absolute atomic E-state index is 0.511. The summed E-state index contributed by atoms with van der Waals surface area (Å²) in [7, 11) is 0. The smallest absolute Gasteiger partial charge is 0.129 e. The second kappa shape index (κ2) is 9.97. The Morgan fingerprint density at radius 1 is 1.38 bits per heavy atom. The van der Waals surface area contributed by atoms with E-state index in [4.69, 9.17) is 4.74 Å². The van der Waals surface area contributed by atoms with Crippen molar-refractivity contribution in [1.29, 1.82) is 0 Å². The SMILES string of the molecule is C=C/C=C\C=C(/C)OC/C(=C/C)N=CCC. The number of rotatable bonds is 7.